The molecule has 0 rings (SSSR count). The Morgan fingerprint density at radius 3 is 1.85 bits per heavy atom. The van der Waals surface area contributed by atoms with Crippen molar-refractivity contribution in [1.29, 1.82) is 0 Å². The SMILES string of the molecule is CC(NC(=O)C(CC(N)=O)NC(=O)C(CC(=O)O)NC(=O)C(N)CCCN=C(N)N)C(=O)O. The van der Waals surface area contributed by atoms with Crippen molar-refractivity contribution in [3.05, 3.63) is 0 Å². The number of aliphatic imine (C=N–C) groups is 1. The van der Waals surface area contributed by atoms with Crippen LogP contribution < -0.4 is 38.9 Å². The molecule has 0 aromatic carbocycles. The molecule has 0 aliphatic carbocycles. The molecular formula is C17H30N8O8. The molecule has 33 heavy (non-hydrogen) atoms. The molecule has 0 bridgehead atoms. The second-order valence-electron chi connectivity index (χ2n) is 7.01. The Hall–Kier alpha value is -3.95. The average molecular weight is 474 g/mol. The molecule has 0 aliphatic rings. The number of nitrogens with one attached hydrogen (secondary N) is 3. The van der Waals surface area contributed by atoms with Crippen molar-refractivity contribution in [2.45, 2.75) is 56.8 Å². The normalized spacial score (nSPS) is 14.0. The molecule has 0 spiro atoms. The van der Waals surface area contributed by atoms with E-state index in [0.29, 0.717) is 6.42 Å². The Morgan fingerprint density at radius 1 is 0.848 bits per heavy atom. The number of carboxylic acid groups (broad SMARTS) is 2. The van der Waals surface area contributed by atoms with Crippen LogP contribution in [0, 0.1) is 0 Å². The van der Waals surface area contributed by atoms with E-state index in [9.17, 15) is 28.8 Å². The van der Waals surface area contributed by atoms with Gasteiger partial charge in [-0.25, -0.2) is 0 Å². The summed E-state index contributed by atoms with van der Waals surface area (Å²) in [4.78, 5) is 74.1. The number of amides is 4. The van der Waals surface area contributed by atoms with E-state index in [4.69, 9.17) is 33.1 Å². The van der Waals surface area contributed by atoms with E-state index < -0.39 is 72.6 Å². The first-order valence-corrected chi connectivity index (χ1v) is 9.69. The van der Waals surface area contributed by atoms with Gasteiger partial charge in [-0.3, -0.25) is 33.8 Å². The summed E-state index contributed by atoms with van der Waals surface area (Å²) in [6.07, 6.45) is -1.13. The predicted octanol–water partition coefficient (Wildman–Crippen LogP) is -4.72. The molecule has 16 heteroatoms. The van der Waals surface area contributed by atoms with Gasteiger partial charge < -0.3 is 49.1 Å². The minimum atomic E-state index is -1.65. The highest BCUT2D eigenvalue weighted by atomic mass is 16.4. The molecule has 4 atom stereocenters. The van der Waals surface area contributed by atoms with Crippen molar-refractivity contribution < 1.29 is 39.0 Å². The van der Waals surface area contributed by atoms with Gasteiger partial charge in [0.05, 0.1) is 18.9 Å². The topological polar surface area (TPSA) is 295 Å². The van der Waals surface area contributed by atoms with Gasteiger partial charge in [0.1, 0.15) is 18.1 Å². The Kier molecular flexibility index (Phi) is 12.5. The zero-order valence-electron chi connectivity index (χ0n) is 17.9. The number of aliphatic carboxylic acids is 2. The molecule has 4 amide bonds. The first-order chi connectivity index (χ1) is 15.2. The van der Waals surface area contributed by atoms with Crippen LogP contribution in [0.1, 0.15) is 32.6 Å². The number of carboxylic acids is 2. The predicted molar refractivity (Wildman–Crippen MR) is 113 cm³/mol. The number of nitrogens with zero attached hydrogens (tertiary/aromatic N) is 1. The quantitative estimate of drug-likeness (QED) is 0.0616. The van der Waals surface area contributed by atoms with E-state index in [1.54, 1.807) is 0 Å². The van der Waals surface area contributed by atoms with Gasteiger partial charge in [0.2, 0.25) is 23.6 Å². The molecule has 0 aromatic rings. The van der Waals surface area contributed by atoms with Crippen LogP contribution in [0.5, 0.6) is 0 Å². The lowest BCUT2D eigenvalue weighted by molar-refractivity contribution is -0.143. The van der Waals surface area contributed by atoms with Crippen molar-refractivity contribution in [3.63, 3.8) is 0 Å². The molecule has 0 saturated heterocycles. The minimum Gasteiger partial charge on any atom is -0.481 e. The Balaban J connectivity index is 5.28. The number of hydrogen-bond acceptors (Lipinski definition) is 8. The van der Waals surface area contributed by atoms with Gasteiger partial charge in [0.15, 0.2) is 5.96 Å². The standard InChI is InChI=1S/C17H30N8O8/c1-7(16(32)33)23-14(30)9(5-11(19)26)25-15(31)10(6-12(27)28)24-13(29)8(18)3-2-4-22-17(20)21/h7-10H,2-6,18H2,1H3,(H2,19,26)(H,23,30)(H,24,29)(H,25,31)(H,27,28)(H,32,33)(H4,20,21,22). The maximum Gasteiger partial charge on any atom is 0.325 e. The lowest BCUT2D eigenvalue weighted by Crippen LogP contribution is -2.57. The van der Waals surface area contributed by atoms with Gasteiger partial charge in [-0.05, 0) is 19.8 Å². The van der Waals surface area contributed by atoms with Gasteiger partial charge in [0, 0.05) is 6.54 Å². The molecule has 0 fully saturated rings. The fraction of sp³-hybridized carbons (Fsp3) is 0.588. The fourth-order valence-electron chi connectivity index (χ4n) is 2.37. The van der Waals surface area contributed by atoms with Crippen molar-refractivity contribution in [2.75, 3.05) is 6.54 Å². The van der Waals surface area contributed by atoms with Crippen LogP contribution in [-0.2, 0) is 28.8 Å². The van der Waals surface area contributed by atoms with Crippen molar-refractivity contribution in [2.24, 2.45) is 27.9 Å². The summed E-state index contributed by atoms with van der Waals surface area (Å²) in [5, 5.41) is 24.3. The number of carbonyl (C=O) groups excluding carboxylic acids is 4. The maximum atomic E-state index is 12.6. The summed E-state index contributed by atoms with van der Waals surface area (Å²) < 4.78 is 0. The minimum absolute atomic E-state index is 0.115. The molecule has 13 N–H and O–H groups in total. The number of hydrogen-bond donors (Lipinski definition) is 9. The third-order valence-corrected chi connectivity index (χ3v) is 4.08. The van der Waals surface area contributed by atoms with E-state index in [1.165, 1.54) is 0 Å². The highest BCUT2D eigenvalue weighted by molar-refractivity contribution is 5.97. The van der Waals surface area contributed by atoms with Gasteiger partial charge >= 0.3 is 11.9 Å². The molecule has 186 valence electrons. The molecule has 0 saturated carbocycles. The maximum absolute atomic E-state index is 12.6. The fourth-order valence-corrected chi connectivity index (χ4v) is 2.37. The van der Waals surface area contributed by atoms with E-state index >= 15 is 0 Å². The van der Waals surface area contributed by atoms with Crippen LogP contribution in [0.3, 0.4) is 0 Å². The molecule has 0 heterocycles. The van der Waals surface area contributed by atoms with Crippen LogP contribution in [0.25, 0.3) is 0 Å². The molecule has 4 unspecified atom stereocenters. The highest BCUT2D eigenvalue weighted by Gasteiger charge is 2.31. The van der Waals surface area contributed by atoms with Crippen LogP contribution in [0.4, 0.5) is 0 Å². The Labute approximate surface area is 188 Å². The van der Waals surface area contributed by atoms with E-state index in [1.807, 2.05) is 0 Å². The van der Waals surface area contributed by atoms with E-state index in [2.05, 4.69) is 20.9 Å². The summed E-state index contributed by atoms with van der Waals surface area (Å²) in [7, 11) is 0. The largest absolute Gasteiger partial charge is 0.481 e. The summed E-state index contributed by atoms with van der Waals surface area (Å²) in [5.74, 6) is -6.99. The van der Waals surface area contributed by atoms with Crippen molar-refractivity contribution in [3.8, 4) is 0 Å². The number of primary amides is 1. The van der Waals surface area contributed by atoms with Gasteiger partial charge in [-0.2, -0.15) is 0 Å². The lowest BCUT2D eigenvalue weighted by Gasteiger charge is -2.23. The monoisotopic (exact) mass is 474 g/mol. The van der Waals surface area contributed by atoms with Crippen LogP contribution in [-0.4, -0.2) is 82.5 Å². The zero-order chi connectivity index (χ0) is 25.7. The zero-order valence-corrected chi connectivity index (χ0v) is 17.9. The Bertz CT molecular complexity index is 783. The van der Waals surface area contributed by atoms with Crippen LogP contribution >= 0.6 is 0 Å². The summed E-state index contributed by atoms with van der Waals surface area (Å²) in [6.45, 7) is 1.34. The first-order valence-electron chi connectivity index (χ1n) is 9.69. The third kappa shape index (κ3) is 12.5. The second kappa shape index (κ2) is 14.2. The summed E-state index contributed by atoms with van der Waals surface area (Å²) in [6, 6.07) is -5.74. The number of guanidine groups is 1. The van der Waals surface area contributed by atoms with Gasteiger partial charge in [-0.15, -0.1) is 0 Å². The lowest BCUT2D eigenvalue weighted by atomic mass is 10.1. The molecule has 0 aliphatic heterocycles. The van der Waals surface area contributed by atoms with E-state index in [0.717, 1.165) is 6.92 Å². The summed E-state index contributed by atoms with van der Waals surface area (Å²) >= 11 is 0. The third-order valence-electron chi connectivity index (χ3n) is 4.08. The van der Waals surface area contributed by atoms with Crippen LogP contribution in [0.2, 0.25) is 0 Å². The van der Waals surface area contributed by atoms with Crippen molar-refractivity contribution in [1.82, 2.24) is 16.0 Å². The number of rotatable bonds is 15. The van der Waals surface area contributed by atoms with Crippen molar-refractivity contribution >= 4 is 41.5 Å². The smallest absolute Gasteiger partial charge is 0.325 e. The molecule has 16 nitrogen and oxygen atoms in total. The van der Waals surface area contributed by atoms with Gasteiger partial charge in [-0.1, -0.05) is 0 Å². The first kappa shape index (κ1) is 29.0. The van der Waals surface area contributed by atoms with Crippen LogP contribution in [0.15, 0.2) is 4.99 Å². The van der Waals surface area contributed by atoms with E-state index in [-0.39, 0.29) is 18.9 Å². The molecule has 0 aromatic heterocycles. The Morgan fingerprint density at radius 2 is 1.36 bits per heavy atom. The second-order valence-corrected chi connectivity index (χ2v) is 7.01. The summed E-state index contributed by atoms with van der Waals surface area (Å²) in [5.41, 5.74) is 21.1. The molecule has 0 radical (unpaired) electrons. The number of carbonyl (C=O) groups is 6. The average Bonchev–Trinajstić information content (AvgIpc) is 2.68. The highest BCUT2D eigenvalue weighted by Crippen LogP contribution is 2.02. The molecular weight excluding hydrogens is 444 g/mol. The number of nitrogens with two attached hydrogens (primary N) is 4. The van der Waals surface area contributed by atoms with Gasteiger partial charge in [0.25, 0.3) is 0 Å².